The zero-order chi connectivity index (χ0) is 22.6. The third-order valence-corrected chi connectivity index (χ3v) is 8.10. The van der Waals surface area contributed by atoms with E-state index in [0.29, 0.717) is 23.9 Å². The van der Waals surface area contributed by atoms with Crippen LogP contribution in [0.4, 0.5) is 5.69 Å². The number of nitrogens with one attached hydrogen (secondary N) is 1. The van der Waals surface area contributed by atoms with E-state index in [9.17, 15) is 13.2 Å². The molecule has 2 heterocycles. The standard InChI is InChI=1S/C22H25N5O3S2/c1-17(31-22-23-16-27(25-22)19-8-4-2-5-9-19)21(28)24-18-10-12-20(13-11-18)32(29,30)26-14-6-3-7-15-26/h2,4-5,8-13,16-17H,3,6-7,14-15H2,1H3,(H,24,28). The second kappa shape index (κ2) is 9.85. The van der Waals surface area contributed by atoms with Gasteiger partial charge in [-0.05, 0) is 56.2 Å². The second-order valence-electron chi connectivity index (χ2n) is 7.55. The first-order valence-corrected chi connectivity index (χ1v) is 12.8. The molecule has 1 aliphatic heterocycles. The third-order valence-electron chi connectivity index (χ3n) is 5.22. The number of carbonyl (C=O) groups excluding carboxylic acids is 1. The van der Waals surface area contributed by atoms with Gasteiger partial charge in [0.1, 0.15) is 6.33 Å². The summed E-state index contributed by atoms with van der Waals surface area (Å²) in [5.74, 6) is -0.210. The molecule has 1 fully saturated rings. The van der Waals surface area contributed by atoms with Gasteiger partial charge < -0.3 is 5.32 Å². The Morgan fingerprint density at radius 2 is 1.72 bits per heavy atom. The number of hydrogen-bond donors (Lipinski definition) is 1. The largest absolute Gasteiger partial charge is 0.325 e. The van der Waals surface area contributed by atoms with E-state index in [2.05, 4.69) is 15.4 Å². The van der Waals surface area contributed by atoms with Crippen LogP contribution in [0, 0.1) is 0 Å². The van der Waals surface area contributed by atoms with Crippen molar-refractivity contribution < 1.29 is 13.2 Å². The van der Waals surface area contributed by atoms with Gasteiger partial charge in [0.15, 0.2) is 0 Å². The number of amides is 1. The van der Waals surface area contributed by atoms with E-state index >= 15 is 0 Å². The molecule has 1 N–H and O–H groups in total. The van der Waals surface area contributed by atoms with Gasteiger partial charge in [0.2, 0.25) is 21.1 Å². The zero-order valence-electron chi connectivity index (χ0n) is 17.7. The topological polar surface area (TPSA) is 97.2 Å². The molecule has 1 aromatic heterocycles. The first kappa shape index (κ1) is 22.5. The van der Waals surface area contributed by atoms with Gasteiger partial charge in [-0.15, -0.1) is 5.10 Å². The number of nitrogens with zero attached hydrogens (tertiary/aromatic N) is 4. The molecule has 2 aromatic carbocycles. The van der Waals surface area contributed by atoms with Crippen LogP contribution in [0.5, 0.6) is 0 Å². The van der Waals surface area contributed by atoms with Gasteiger partial charge >= 0.3 is 0 Å². The van der Waals surface area contributed by atoms with Crippen LogP contribution in [0.1, 0.15) is 26.2 Å². The molecule has 3 aromatic rings. The molecule has 32 heavy (non-hydrogen) atoms. The summed E-state index contributed by atoms with van der Waals surface area (Å²) in [5.41, 5.74) is 1.44. The molecule has 0 spiro atoms. The highest BCUT2D eigenvalue weighted by molar-refractivity contribution is 8.00. The molecule has 1 amide bonds. The molecule has 0 radical (unpaired) electrons. The number of rotatable bonds is 7. The van der Waals surface area contributed by atoms with Crippen LogP contribution in [0.25, 0.3) is 5.69 Å². The Morgan fingerprint density at radius 3 is 2.41 bits per heavy atom. The lowest BCUT2D eigenvalue weighted by Gasteiger charge is -2.25. The molecule has 168 valence electrons. The van der Waals surface area contributed by atoms with Crippen molar-refractivity contribution >= 4 is 33.4 Å². The van der Waals surface area contributed by atoms with Crippen molar-refractivity contribution in [1.29, 1.82) is 0 Å². The number of para-hydroxylation sites is 1. The SMILES string of the molecule is CC(Sc1ncn(-c2ccccc2)n1)C(=O)Nc1ccc(S(=O)(=O)N2CCCCC2)cc1. The Kier molecular flexibility index (Phi) is 6.92. The van der Waals surface area contributed by atoms with E-state index in [1.165, 1.54) is 16.1 Å². The van der Waals surface area contributed by atoms with Crippen LogP contribution in [0.3, 0.4) is 0 Å². The molecule has 1 saturated heterocycles. The fourth-order valence-electron chi connectivity index (χ4n) is 3.43. The Morgan fingerprint density at radius 1 is 1.03 bits per heavy atom. The monoisotopic (exact) mass is 471 g/mol. The van der Waals surface area contributed by atoms with E-state index in [0.717, 1.165) is 24.9 Å². The summed E-state index contributed by atoms with van der Waals surface area (Å²) in [5, 5.41) is 7.31. The minimum absolute atomic E-state index is 0.210. The molecule has 0 saturated carbocycles. The summed E-state index contributed by atoms with van der Waals surface area (Å²) in [6.45, 7) is 2.89. The quantitative estimate of drug-likeness (QED) is 0.529. The first-order chi connectivity index (χ1) is 15.4. The Bertz CT molecular complexity index is 1160. The van der Waals surface area contributed by atoms with Crippen LogP contribution < -0.4 is 5.32 Å². The van der Waals surface area contributed by atoms with E-state index in [4.69, 9.17) is 0 Å². The van der Waals surface area contributed by atoms with Gasteiger partial charge in [-0.2, -0.15) is 4.31 Å². The van der Waals surface area contributed by atoms with Gasteiger partial charge in [-0.25, -0.2) is 18.1 Å². The summed E-state index contributed by atoms with van der Waals surface area (Å²) in [6.07, 6.45) is 4.46. The van der Waals surface area contributed by atoms with Crippen LogP contribution in [0.2, 0.25) is 0 Å². The first-order valence-electron chi connectivity index (χ1n) is 10.5. The molecule has 10 heteroatoms. The van der Waals surface area contributed by atoms with Gasteiger partial charge in [0.25, 0.3) is 0 Å². The summed E-state index contributed by atoms with van der Waals surface area (Å²) in [4.78, 5) is 17.1. The average molecular weight is 472 g/mol. The number of carbonyl (C=O) groups is 1. The number of aromatic nitrogens is 3. The molecule has 1 unspecified atom stereocenters. The maximum absolute atomic E-state index is 12.8. The van der Waals surface area contributed by atoms with Crippen molar-refractivity contribution in [3.05, 3.63) is 60.9 Å². The van der Waals surface area contributed by atoms with Crippen molar-refractivity contribution in [3.8, 4) is 5.69 Å². The summed E-state index contributed by atoms with van der Waals surface area (Å²) < 4.78 is 28.7. The van der Waals surface area contributed by atoms with E-state index in [1.54, 1.807) is 42.2 Å². The van der Waals surface area contributed by atoms with Crippen molar-refractivity contribution in [2.45, 2.75) is 41.5 Å². The van der Waals surface area contributed by atoms with Crippen LogP contribution >= 0.6 is 11.8 Å². The minimum Gasteiger partial charge on any atom is -0.325 e. The lowest BCUT2D eigenvalue weighted by atomic mass is 10.2. The van der Waals surface area contributed by atoms with E-state index in [-0.39, 0.29) is 10.8 Å². The van der Waals surface area contributed by atoms with Gasteiger partial charge in [-0.1, -0.05) is 36.4 Å². The number of thioether (sulfide) groups is 1. The molecule has 1 atom stereocenters. The van der Waals surface area contributed by atoms with E-state index in [1.807, 2.05) is 30.3 Å². The lowest BCUT2D eigenvalue weighted by molar-refractivity contribution is -0.115. The number of sulfonamides is 1. The second-order valence-corrected chi connectivity index (χ2v) is 10.8. The number of hydrogen-bond acceptors (Lipinski definition) is 6. The Labute approximate surface area is 192 Å². The number of anilines is 1. The molecule has 8 nitrogen and oxygen atoms in total. The average Bonchev–Trinajstić information content (AvgIpc) is 3.29. The fraction of sp³-hybridized carbons (Fsp3) is 0.318. The number of benzene rings is 2. The molecular weight excluding hydrogens is 446 g/mol. The van der Waals surface area contributed by atoms with Crippen LogP contribution in [-0.4, -0.2) is 51.7 Å². The highest BCUT2D eigenvalue weighted by atomic mass is 32.2. The summed E-state index contributed by atoms with van der Waals surface area (Å²) >= 11 is 1.25. The predicted molar refractivity (Wildman–Crippen MR) is 124 cm³/mol. The van der Waals surface area contributed by atoms with Gasteiger partial charge in [0.05, 0.1) is 15.8 Å². The maximum atomic E-state index is 12.8. The minimum atomic E-state index is -3.49. The van der Waals surface area contributed by atoms with Crippen LogP contribution in [0.15, 0.2) is 71.0 Å². The Balaban J connectivity index is 1.36. The van der Waals surface area contributed by atoms with Gasteiger partial charge in [-0.3, -0.25) is 4.79 Å². The summed E-state index contributed by atoms with van der Waals surface area (Å²) in [6, 6.07) is 15.9. The molecule has 1 aliphatic rings. The van der Waals surface area contributed by atoms with Crippen molar-refractivity contribution in [1.82, 2.24) is 19.1 Å². The maximum Gasteiger partial charge on any atom is 0.243 e. The van der Waals surface area contributed by atoms with Gasteiger partial charge in [0, 0.05) is 18.8 Å². The lowest BCUT2D eigenvalue weighted by Crippen LogP contribution is -2.35. The molecule has 4 rings (SSSR count). The van der Waals surface area contributed by atoms with Crippen LogP contribution in [-0.2, 0) is 14.8 Å². The van der Waals surface area contributed by atoms with Crippen molar-refractivity contribution in [2.24, 2.45) is 0 Å². The third kappa shape index (κ3) is 5.20. The van der Waals surface area contributed by atoms with Crippen molar-refractivity contribution in [3.63, 3.8) is 0 Å². The molecule has 0 aliphatic carbocycles. The Hall–Kier alpha value is -2.69. The summed E-state index contributed by atoms with van der Waals surface area (Å²) in [7, 11) is -3.49. The normalized spacial score (nSPS) is 15.9. The fourth-order valence-corrected chi connectivity index (χ4v) is 5.67. The molecular formula is C22H25N5O3S2. The van der Waals surface area contributed by atoms with Crippen molar-refractivity contribution in [2.75, 3.05) is 18.4 Å². The highest BCUT2D eigenvalue weighted by Gasteiger charge is 2.26. The van der Waals surface area contributed by atoms with E-state index < -0.39 is 15.3 Å². The number of piperidine rings is 1. The predicted octanol–water partition coefficient (Wildman–Crippen LogP) is 3.56. The highest BCUT2D eigenvalue weighted by Crippen LogP contribution is 2.24. The molecule has 0 bridgehead atoms. The zero-order valence-corrected chi connectivity index (χ0v) is 19.3. The smallest absolute Gasteiger partial charge is 0.243 e.